The average Bonchev–Trinajstić information content (AvgIpc) is 2.81. The van der Waals surface area contributed by atoms with Crippen LogP contribution >= 0.6 is 0 Å². The van der Waals surface area contributed by atoms with Crippen molar-refractivity contribution in [2.24, 2.45) is 0 Å². The van der Waals surface area contributed by atoms with Crippen molar-refractivity contribution >= 4 is 22.2 Å². The number of hydrogen-bond acceptors (Lipinski definition) is 3. The predicted octanol–water partition coefficient (Wildman–Crippen LogP) is 2.88. The van der Waals surface area contributed by atoms with Crippen LogP contribution in [-0.4, -0.2) is 19.5 Å². The topological polar surface area (TPSA) is 64.6 Å². The Labute approximate surface area is 120 Å². The van der Waals surface area contributed by atoms with Crippen LogP contribution in [0.25, 0.3) is 11.0 Å². The SMILES string of the molecule is Cc1ccnc(C[S+]([O-])c2nc3ccc(C)cc3[nH]2)c1. The molecule has 0 bridgehead atoms. The number of aryl methyl sites for hydroxylation is 2. The van der Waals surface area contributed by atoms with Gasteiger partial charge in [0.05, 0.1) is 16.7 Å². The number of rotatable bonds is 3. The highest BCUT2D eigenvalue weighted by Crippen LogP contribution is 2.18. The monoisotopic (exact) mass is 285 g/mol. The summed E-state index contributed by atoms with van der Waals surface area (Å²) in [5.41, 5.74) is 4.85. The van der Waals surface area contributed by atoms with Crippen molar-refractivity contribution in [3.8, 4) is 0 Å². The molecule has 5 heteroatoms. The van der Waals surface area contributed by atoms with E-state index >= 15 is 0 Å². The lowest BCUT2D eigenvalue weighted by Gasteiger charge is -2.06. The zero-order chi connectivity index (χ0) is 14.1. The summed E-state index contributed by atoms with van der Waals surface area (Å²) in [6.45, 7) is 4.02. The molecule has 0 saturated heterocycles. The molecule has 0 saturated carbocycles. The van der Waals surface area contributed by atoms with Gasteiger partial charge in [0, 0.05) is 17.4 Å². The largest absolute Gasteiger partial charge is 0.609 e. The molecule has 1 aromatic carbocycles. The van der Waals surface area contributed by atoms with Gasteiger partial charge in [-0.1, -0.05) is 6.07 Å². The maximum Gasteiger partial charge on any atom is 0.322 e. The van der Waals surface area contributed by atoms with Gasteiger partial charge in [-0.05, 0) is 49.2 Å². The number of nitrogens with one attached hydrogen (secondary N) is 1. The summed E-state index contributed by atoms with van der Waals surface area (Å²) in [5.74, 6) is 0.375. The smallest absolute Gasteiger partial charge is 0.322 e. The predicted molar refractivity (Wildman–Crippen MR) is 79.9 cm³/mol. The van der Waals surface area contributed by atoms with Crippen LogP contribution < -0.4 is 0 Å². The van der Waals surface area contributed by atoms with Gasteiger partial charge in [-0.25, -0.2) is 0 Å². The third-order valence-electron chi connectivity index (χ3n) is 3.08. The molecule has 102 valence electrons. The number of hydrogen-bond donors (Lipinski definition) is 1. The van der Waals surface area contributed by atoms with Crippen LogP contribution in [0.1, 0.15) is 16.8 Å². The van der Waals surface area contributed by atoms with Crippen LogP contribution in [0.2, 0.25) is 0 Å². The Bertz CT molecular complexity index is 754. The van der Waals surface area contributed by atoms with E-state index in [2.05, 4.69) is 15.0 Å². The normalized spacial score (nSPS) is 12.8. The van der Waals surface area contributed by atoms with Crippen molar-refractivity contribution in [1.82, 2.24) is 15.0 Å². The molecule has 20 heavy (non-hydrogen) atoms. The van der Waals surface area contributed by atoms with E-state index in [1.807, 2.05) is 44.2 Å². The Hall–Kier alpha value is -1.85. The summed E-state index contributed by atoms with van der Waals surface area (Å²) in [4.78, 5) is 11.8. The van der Waals surface area contributed by atoms with Gasteiger partial charge in [-0.3, -0.25) is 9.97 Å². The molecular formula is C15H15N3OS. The van der Waals surface area contributed by atoms with E-state index in [1.54, 1.807) is 6.20 Å². The number of aromatic amines is 1. The van der Waals surface area contributed by atoms with Gasteiger partial charge < -0.3 is 4.55 Å². The highest BCUT2D eigenvalue weighted by molar-refractivity contribution is 7.90. The minimum Gasteiger partial charge on any atom is -0.609 e. The third-order valence-corrected chi connectivity index (χ3v) is 4.26. The first-order valence-corrected chi connectivity index (χ1v) is 7.70. The molecule has 0 aliphatic rings. The highest BCUT2D eigenvalue weighted by atomic mass is 32.2. The second-order valence-electron chi connectivity index (χ2n) is 4.88. The summed E-state index contributed by atoms with van der Waals surface area (Å²) >= 11 is -1.21. The maximum atomic E-state index is 12.4. The van der Waals surface area contributed by atoms with Gasteiger partial charge in [0.15, 0.2) is 5.75 Å². The molecule has 3 aromatic rings. The molecule has 0 amide bonds. The first kappa shape index (κ1) is 13.1. The number of aromatic nitrogens is 3. The highest BCUT2D eigenvalue weighted by Gasteiger charge is 2.17. The third kappa shape index (κ3) is 2.69. The first-order chi connectivity index (χ1) is 9.61. The number of nitrogens with zero attached hydrogens (tertiary/aromatic N) is 2. The summed E-state index contributed by atoms with van der Waals surface area (Å²) in [6, 6.07) is 9.82. The van der Waals surface area contributed by atoms with E-state index in [0.29, 0.717) is 10.9 Å². The minimum atomic E-state index is -1.21. The van der Waals surface area contributed by atoms with Crippen LogP contribution in [-0.2, 0) is 16.9 Å². The van der Waals surface area contributed by atoms with Crippen LogP contribution in [0.15, 0.2) is 41.7 Å². The van der Waals surface area contributed by atoms with Crippen LogP contribution in [0, 0.1) is 13.8 Å². The fourth-order valence-corrected chi connectivity index (χ4v) is 3.08. The zero-order valence-corrected chi connectivity index (χ0v) is 12.2. The molecule has 0 aliphatic heterocycles. The summed E-state index contributed by atoms with van der Waals surface area (Å²) < 4.78 is 12.4. The molecule has 3 rings (SSSR count). The van der Waals surface area contributed by atoms with Crippen LogP contribution in [0.3, 0.4) is 0 Å². The van der Waals surface area contributed by atoms with E-state index < -0.39 is 11.2 Å². The first-order valence-electron chi connectivity index (χ1n) is 6.38. The van der Waals surface area contributed by atoms with Crippen molar-refractivity contribution < 1.29 is 4.55 Å². The molecule has 0 fully saturated rings. The van der Waals surface area contributed by atoms with Crippen LogP contribution in [0.4, 0.5) is 0 Å². The number of fused-ring (bicyclic) bond motifs is 1. The standard InChI is InChI=1S/C15H15N3OS/c1-10-3-4-13-14(8-10)18-15(17-13)20(19)9-12-7-11(2)5-6-16-12/h3-8H,9H2,1-2H3,(H,17,18). The Balaban J connectivity index is 1.86. The van der Waals surface area contributed by atoms with E-state index in [9.17, 15) is 4.55 Å². The van der Waals surface area contributed by atoms with E-state index in [4.69, 9.17) is 0 Å². The second-order valence-corrected chi connectivity index (χ2v) is 6.24. The zero-order valence-electron chi connectivity index (χ0n) is 11.4. The van der Waals surface area contributed by atoms with Gasteiger partial charge in [0.2, 0.25) is 0 Å². The molecule has 0 aliphatic carbocycles. The van der Waals surface area contributed by atoms with E-state index in [-0.39, 0.29) is 0 Å². The van der Waals surface area contributed by atoms with Crippen molar-refractivity contribution in [2.75, 3.05) is 0 Å². The van der Waals surface area contributed by atoms with Gasteiger partial charge in [-0.15, -0.1) is 0 Å². The number of benzene rings is 1. The fourth-order valence-electron chi connectivity index (χ4n) is 2.09. The Morgan fingerprint density at radius 2 is 1.95 bits per heavy atom. The summed E-state index contributed by atoms with van der Waals surface area (Å²) in [7, 11) is 0. The van der Waals surface area contributed by atoms with E-state index in [1.165, 1.54) is 0 Å². The Kier molecular flexibility index (Phi) is 3.46. The quantitative estimate of drug-likeness (QED) is 0.752. The second kappa shape index (κ2) is 5.26. The molecule has 0 radical (unpaired) electrons. The molecular weight excluding hydrogens is 270 g/mol. The fraction of sp³-hybridized carbons (Fsp3) is 0.200. The van der Waals surface area contributed by atoms with Crippen molar-refractivity contribution in [1.29, 1.82) is 0 Å². The molecule has 4 nitrogen and oxygen atoms in total. The van der Waals surface area contributed by atoms with E-state index in [0.717, 1.165) is 27.9 Å². The molecule has 2 aromatic heterocycles. The van der Waals surface area contributed by atoms with Gasteiger partial charge in [-0.2, -0.15) is 4.98 Å². The van der Waals surface area contributed by atoms with Crippen molar-refractivity contribution in [3.05, 3.63) is 53.3 Å². The number of H-pyrrole nitrogens is 1. The minimum absolute atomic E-state index is 0.375. The lowest BCUT2D eigenvalue weighted by atomic mass is 10.2. The number of pyridine rings is 1. The van der Waals surface area contributed by atoms with Gasteiger partial charge in [0.1, 0.15) is 0 Å². The van der Waals surface area contributed by atoms with Crippen LogP contribution in [0.5, 0.6) is 0 Å². The molecule has 0 spiro atoms. The molecule has 1 unspecified atom stereocenters. The Morgan fingerprint density at radius 3 is 2.75 bits per heavy atom. The number of imidazole rings is 1. The van der Waals surface area contributed by atoms with Crippen molar-refractivity contribution in [2.45, 2.75) is 24.8 Å². The average molecular weight is 285 g/mol. The maximum absolute atomic E-state index is 12.4. The lowest BCUT2D eigenvalue weighted by Crippen LogP contribution is -2.08. The molecule has 1 atom stereocenters. The van der Waals surface area contributed by atoms with Crippen molar-refractivity contribution in [3.63, 3.8) is 0 Å². The Morgan fingerprint density at radius 1 is 1.15 bits per heavy atom. The molecule has 2 heterocycles. The molecule has 1 N–H and O–H groups in total. The summed E-state index contributed by atoms with van der Waals surface area (Å²) in [6.07, 6.45) is 1.74. The van der Waals surface area contributed by atoms with Gasteiger partial charge >= 0.3 is 5.16 Å². The van der Waals surface area contributed by atoms with Gasteiger partial charge in [0.25, 0.3) is 0 Å². The summed E-state index contributed by atoms with van der Waals surface area (Å²) in [5, 5.41) is 0.508. The lowest BCUT2D eigenvalue weighted by molar-refractivity contribution is 0.587.